The predicted molar refractivity (Wildman–Crippen MR) is 83.0 cm³/mol. The fraction of sp³-hybridized carbons (Fsp3) is 0.778. The molecule has 0 bridgehead atoms. The predicted octanol–water partition coefficient (Wildman–Crippen LogP) is 4.22. The van der Waals surface area contributed by atoms with Crippen LogP contribution in [0.5, 0.6) is 0 Å². The third kappa shape index (κ3) is 2.67. The lowest BCUT2D eigenvalue weighted by Crippen LogP contribution is -2.53. The van der Waals surface area contributed by atoms with Gasteiger partial charge in [0, 0.05) is 6.42 Å². The normalized spacial score (nSPS) is 39.7. The quantitative estimate of drug-likeness (QED) is 0.789. The van der Waals surface area contributed by atoms with E-state index in [1.165, 1.54) is 5.57 Å². The SMILES string of the molecule is C=C1CCC2[C@](C)(CCC[C@]2(C)C(=O)O)[C@H]1CCC(C)=O. The lowest BCUT2D eigenvalue weighted by atomic mass is 9.46. The van der Waals surface area contributed by atoms with Gasteiger partial charge in [0.1, 0.15) is 5.78 Å². The molecule has 0 aromatic carbocycles. The Kier molecular flexibility index (Phi) is 4.32. The largest absolute Gasteiger partial charge is 0.481 e. The zero-order valence-electron chi connectivity index (χ0n) is 13.6. The van der Waals surface area contributed by atoms with E-state index >= 15 is 0 Å². The van der Waals surface area contributed by atoms with Gasteiger partial charge in [-0.2, -0.15) is 0 Å². The minimum absolute atomic E-state index is 0.0177. The summed E-state index contributed by atoms with van der Waals surface area (Å²) in [7, 11) is 0. The molecular weight excluding hydrogens is 264 g/mol. The monoisotopic (exact) mass is 292 g/mol. The fourth-order valence-corrected chi connectivity index (χ4v) is 5.09. The number of ketones is 1. The van der Waals surface area contributed by atoms with Crippen molar-refractivity contribution in [2.24, 2.45) is 22.7 Å². The maximum Gasteiger partial charge on any atom is 0.309 e. The van der Waals surface area contributed by atoms with Crippen molar-refractivity contribution in [2.45, 2.75) is 65.7 Å². The number of aliphatic carboxylic acids is 1. The molecule has 0 saturated heterocycles. The van der Waals surface area contributed by atoms with Crippen molar-refractivity contribution >= 4 is 11.8 Å². The van der Waals surface area contributed by atoms with Crippen molar-refractivity contribution in [3.63, 3.8) is 0 Å². The van der Waals surface area contributed by atoms with Crippen LogP contribution < -0.4 is 0 Å². The maximum absolute atomic E-state index is 11.9. The highest BCUT2D eigenvalue weighted by atomic mass is 16.4. The average Bonchev–Trinajstić information content (AvgIpc) is 2.36. The van der Waals surface area contributed by atoms with E-state index in [0.29, 0.717) is 12.3 Å². The molecule has 2 saturated carbocycles. The number of carbonyl (C=O) groups is 2. The number of rotatable bonds is 4. The maximum atomic E-state index is 11.9. The van der Waals surface area contributed by atoms with Gasteiger partial charge in [-0.1, -0.05) is 25.5 Å². The molecule has 21 heavy (non-hydrogen) atoms. The van der Waals surface area contributed by atoms with Gasteiger partial charge in [0.2, 0.25) is 0 Å². The van der Waals surface area contributed by atoms with Crippen LogP contribution in [0.1, 0.15) is 65.7 Å². The summed E-state index contributed by atoms with van der Waals surface area (Å²) >= 11 is 0. The smallest absolute Gasteiger partial charge is 0.309 e. The van der Waals surface area contributed by atoms with Crippen molar-refractivity contribution in [2.75, 3.05) is 0 Å². The van der Waals surface area contributed by atoms with Crippen LogP contribution in [0.3, 0.4) is 0 Å². The van der Waals surface area contributed by atoms with Crippen LogP contribution in [0.4, 0.5) is 0 Å². The molecule has 2 fully saturated rings. The Morgan fingerprint density at radius 3 is 2.57 bits per heavy atom. The minimum Gasteiger partial charge on any atom is -0.481 e. The summed E-state index contributed by atoms with van der Waals surface area (Å²) in [6, 6.07) is 0. The second kappa shape index (κ2) is 5.58. The van der Waals surface area contributed by atoms with E-state index in [4.69, 9.17) is 0 Å². The van der Waals surface area contributed by atoms with Gasteiger partial charge in [0.05, 0.1) is 5.41 Å². The fourth-order valence-electron chi connectivity index (χ4n) is 5.09. The summed E-state index contributed by atoms with van der Waals surface area (Å²) in [5.74, 6) is 0.0411. The number of Topliss-reactive ketones (excluding diaryl/α,β-unsaturated/α-hetero) is 1. The highest BCUT2D eigenvalue weighted by molar-refractivity contribution is 5.76. The Bertz CT molecular complexity index is 467. The Labute approximate surface area is 127 Å². The summed E-state index contributed by atoms with van der Waals surface area (Å²) in [4.78, 5) is 23.2. The Morgan fingerprint density at radius 1 is 1.33 bits per heavy atom. The van der Waals surface area contributed by atoms with Crippen molar-refractivity contribution in [3.05, 3.63) is 12.2 Å². The number of hydrogen-bond donors (Lipinski definition) is 1. The minimum atomic E-state index is -0.656. The lowest BCUT2D eigenvalue weighted by molar-refractivity contribution is -0.164. The molecule has 0 aliphatic heterocycles. The molecule has 0 heterocycles. The van der Waals surface area contributed by atoms with E-state index in [-0.39, 0.29) is 17.1 Å². The molecular formula is C18H28O3. The van der Waals surface area contributed by atoms with Crippen LogP contribution in [0.15, 0.2) is 12.2 Å². The highest BCUT2D eigenvalue weighted by Crippen LogP contribution is 2.61. The second-order valence-corrected chi connectivity index (χ2v) is 7.62. The van der Waals surface area contributed by atoms with Crippen LogP contribution in [0.25, 0.3) is 0 Å². The first-order chi connectivity index (χ1) is 9.71. The highest BCUT2D eigenvalue weighted by Gasteiger charge is 2.57. The van der Waals surface area contributed by atoms with E-state index in [1.807, 2.05) is 6.92 Å². The number of carboxylic acid groups (broad SMARTS) is 1. The summed E-state index contributed by atoms with van der Waals surface area (Å²) in [5, 5.41) is 9.74. The molecule has 3 heteroatoms. The van der Waals surface area contributed by atoms with E-state index in [9.17, 15) is 14.7 Å². The number of carboxylic acids is 1. The molecule has 0 radical (unpaired) electrons. The van der Waals surface area contributed by atoms with Crippen molar-refractivity contribution in [1.82, 2.24) is 0 Å². The van der Waals surface area contributed by atoms with Crippen LogP contribution in [0, 0.1) is 22.7 Å². The summed E-state index contributed by atoms with van der Waals surface area (Å²) < 4.78 is 0. The van der Waals surface area contributed by atoms with Gasteiger partial charge >= 0.3 is 5.97 Å². The molecule has 1 N–H and O–H groups in total. The first kappa shape index (κ1) is 16.3. The number of carbonyl (C=O) groups excluding carboxylic acids is 1. The van der Waals surface area contributed by atoms with Crippen LogP contribution in [-0.2, 0) is 9.59 Å². The number of hydrogen-bond acceptors (Lipinski definition) is 2. The summed E-state index contributed by atoms with van der Waals surface area (Å²) in [5.41, 5.74) is 0.586. The third-order valence-corrected chi connectivity index (χ3v) is 6.29. The van der Waals surface area contributed by atoms with Gasteiger partial charge in [-0.25, -0.2) is 0 Å². The lowest BCUT2D eigenvalue weighted by Gasteiger charge is -2.57. The molecule has 2 aliphatic carbocycles. The topological polar surface area (TPSA) is 54.4 Å². The number of fused-ring (bicyclic) bond motifs is 1. The Morgan fingerprint density at radius 2 is 2.00 bits per heavy atom. The Hall–Kier alpha value is -1.12. The molecule has 1 unspecified atom stereocenters. The first-order valence-electron chi connectivity index (χ1n) is 8.12. The molecule has 0 aromatic rings. The van der Waals surface area contributed by atoms with Gasteiger partial charge in [0.25, 0.3) is 0 Å². The van der Waals surface area contributed by atoms with Crippen LogP contribution in [0.2, 0.25) is 0 Å². The number of allylic oxidation sites excluding steroid dienone is 1. The van der Waals surface area contributed by atoms with Gasteiger partial charge in [0.15, 0.2) is 0 Å². The molecule has 3 nitrogen and oxygen atoms in total. The van der Waals surface area contributed by atoms with E-state index in [1.54, 1.807) is 6.92 Å². The van der Waals surface area contributed by atoms with Crippen LogP contribution >= 0.6 is 0 Å². The molecule has 0 amide bonds. The van der Waals surface area contributed by atoms with E-state index in [2.05, 4.69) is 13.5 Å². The van der Waals surface area contributed by atoms with Gasteiger partial charge in [-0.15, -0.1) is 0 Å². The molecule has 4 atom stereocenters. The van der Waals surface area contributed by atoms with Gasteiger partial charge in [-0.3, -0.25) is 4.79 Å². The van der Waals surface area contributed by atoms with E-state index in [0.717, 1.165) is 38.5 Å². The third-order valence-electron chi connectivity index (χ3n) is 6.29. The van der Waals surface area contributed by atoms with Gasteiger partial charge in [-0.05, 0) is 63.2 Å². The van der Waals surface area contributed by atoms with Crippen molar-refractivity contribution in [3.8, 4) is 0 Å². The first-order valence-corrected chi connectivity index (χ1v) is 8.12. The summed E-state index contributed by atoms with van der Waals surface area (Å²) in [6.07, 6.45) is 6.03. The molecule has 2 rings (SSSR count). The van der Waals surface area contributed by atoms with Crippen LogP contribution in [-0.4, -0.2) is 16.9 Å². The zero-order valence-corrected chi connectivity index (χ0v) is 13.6. The molecule has 0 aromatic heterocycles. The zero-order chi connectivity index (χ0) is 15.8. The van der Waals surface area contributed by atoms with Gasteiger partial charge < -0.3 is 9.90 Å². The van der Waals surface area contributed by atoms with Crippen molar-refractivity contribution in [1.29, 1.82) is 0 Å². The second-order valence-electron chi connectivity index (χ2n) is 7.62. The Balaban J connectivity index is 2.33. The molecule has 2 aliphatic rings. The summed E-state index contributed by atoms with van der Waals surface area (Å²) in [6.45, 7) is 10.0. The standard InChI is InChI=1S/C18H28O3/c1-12-6-9-15-17(3,14(12)8-7-13(2)19)10-5-11-18(15,4)16(20)21/h14-15H,1,5-11H2,2-4H3,(H,20,21)/t14-,15?,17+,18-/m0/s1. The molecule has 0 spiro atoms. The van der Waals surface area contributed by atoms with Crippen molar-refractivity contribution < 1.29 is 14.7 Å². The van der Waals surface area contributed by atoms with E-state index < -0.39 is 11.4 Å². The average molecular weight is 292 g/mol. The molecule has 118 valence electrons.